The molecule has 6 nitrogen and oxygen atoms in total. The summed E-state index contributed by atoms with van der Waals surface area (Å²) in [7, 11) is 1.63. The number of rotatable bonds is 5. The van der Waals surface area contributed by atoms with Gasteiger partial charge in [-0.3, -0.25) is 0 Å². The van der Waals surface area contributed by atoms with Gasteiger partial charge >= 0.3 is 0 Å². The van der Waals surface area contributed by atoms with Crippen molar-refractivity contribution in [2.75, 3.05) is 7.11 Å². The van der Waals surface area contributed by atoms with Crippen molar-refractivity contribution in [3.05, 3.63) is 109 Å². The molecule has 0 radical (unpaired) electrons. The van der Waals surface area contributed by atoms with Gasteiger partial charge < -0.3 is 9.15 Å². The van der Waals surface area contributed by atoms with Crippen molar-refractivity contribution >= 4 is 11.0 Å². The monoisotopic (exact) mass is 468 g/mol. The Bertz CT molecular complexity index is 1700. The van der Waals surface area contributed by atoms with Gasteiger partial charge in [0, 0.05) is 11.1 Å². The Balaban J connectivity index is 1.80. The number of fused-ring (bicyclic) bond motifs is 1. The van der Waals surface area contributed by atoms with Crippen molar-refractivity contribution < 1.29 is 9.15 Å². The first-order valence-electron chi connectivity index (χ1n) is 11.4. The molecule has 0 fully saturated rings. The van der Waals surface area contributed by atoms with Crippen LogP contribution in [0.25, 0.3) is 50.6 Å². The molecule has 6 rings (SSSR count). The van der Waals surface area contributed by atoms with E-state index in [9.17, 15) is 5.26 Å². The molecule has 3 heterocycles. The molecule has 0 unspecified atom stereocenters. The van der Waals surface area contributed by atoms with Crippen LogP contribution in [0.1, 0.15) is 5.56 Å². The van der Waals surface area contributed by atoms with Crippen LogP contribution in [-0.4, -0.2) is 21.9 Å². The molecule has 0 aliphatic rings. The van der Waals surface area contributed by atoms with E-state index in [-0.39, 0.29) is 0 Å². The Morgan fingerprint density at radius 2 is 1.53 bits per heavy atom. The van der Waals surface area contributed by atoms with Crippen molar-refractivity contribution in [2.24, 2.45) is 0 Å². The number of nitriles is 1. The number of aromatic nitrogens is 3. The zero-order valence-electron chi connectivity index (χ0n) is 19.4. The molecule has 36 heavy (non-hydrogen) atoms. The number of para-hydroxylation sites is 1. The second kappa shape index (κ2) is 8.90. The second-order valence-corrected chi connectivity index (χ2v) is 8.19. The topological polar surface area (TPSA) is 76.9 Å². The SMILES string of the molecule is COc1ccc(-c2c(C#N)c(-c3ccco3)nc3c2c(-c2ccccc2)nn3-c2ccccc2)cc1. The summed E-state index contributed by atoms with van der Waals surface area (Å²) in [6, 6.07) is 33.5. The van der Waals surface area contributed by atoms with E-state index in [1.807, 2.05) is 95.7 Å². The molecule has 0 spiro atoms. The number of hydrogen-bond donors (Lipinski definition) is 0. The van der Waals surface area contributed by atoms with Gasteiger partial charge in [-0.15, -0.1) is 0 Å². The summed E-state index contributed by atoms with van der Waals surface area (Å²) in [5.74, 6) is 1.25. The van der Waals surface area contributed by atoms with E-state index in [1.54, 1.807) is 19.4 Å². The number of hydrogen-bond acceptors (Lipinski definition) is 5. The highest BCUT2D eigenvalue weighted by molar-refractivity contribution is 6.07. The van der Waals surface area contributed by atoms with Crippen molar-refractivity contribution in [2.45, 2.75) is 0 Å². The van der Waals surface area contributed by atoms with Crippen LogP contribution in [0.5, 0.6) is 5.75 Å². The molecule has 6 aromatic rings. The summed E-state index contributed by atoms with van der Waals surface area (Å²) < 4.78 is 12.9. The molecule has 3 aromatic heterocycles. The van der Waals surface area contributed by atoms with Gasteiger partial charge in [-0.1, -0.05) is 60.7 Å². The van der Waals surface area contributed by atoms with E-state index in [0.717, 1.165) is 39.2 Å². The first-order chi connectivity index (χ1) is 17.8. The largest absolute Gasteiger partial charge is 0.497 e. The van der Waals surface area contributed by atoms with E-state index in [0.29, 0.717) is 22.7 Å². The summed E-state index contributed by atoms with van der Waals surface area (Å²) in [6.07, 6.45) is 1.58. The second-order valence-electron chi connectivity index (χ2n) is 8.19. The maximum atomic E-state index is 10.4. The lowest BCUT2D eigenvalue weighted by Gasteiger charge is -2.12. The van der Waals surface area contributed by atoms with Crippen molar-refractivity contribution in [1.29, 1.82) is 5.26 Å². The molecule has 0 saturated heterocycles. The molecule has 3 aromatic carbocycles. The van der Waals surface area contributed by atoms with Crippen LogP contribution >= 0.6 is 0 Å². The van der Waals surface area contributed by atoms with Gasteiger partial charge in [-0.05, 0) is 42.0 Å². The number of pyridine rings is 1. The lowest BCUT2D eigenvalue weighted by atomic mass is 9.93. The van der Waals surface area contributed by atoms with Crippen LogP contribution in [-0.2, 0) is 0 Å². The summed E-state index contributed by atoms with van der Waals surface area (Å²) >= 11 is 0. The highest BCUT2D eigenvalue weighted by Crippen LogP contribution is 2.42. The van der Waals surface area contributed by atoms with Gasteiger partial charge in [0.2, 0.25) is 0 Å². The molecule has 0 atom stereocenters. The predicted molar refractivity (Wildman–Crippen MR) is 139 cm³/mol. The molecule has 172 valence electrons. The average Bonchev–Trinajstić information content (AvgIpc) is 3.62. The predicted octanol–water partition coefficient (Wildman–Crippen LogP) is 6.89. The fourth-order valence-corrected chi connectivity index (χ4v) is 4.44. The maximum Gasteiger partial charge on any atom is 0.165 e. The molecule has 0 amide bonds. The summed E-state index contributed by atoms with van der Waals surface area (Å²) in [5.41, 5.74) is 5.68. The van der Waals surface area contributed by atoms with Gasteiger partial charge in [-0.25, -0.2) is 9.67 Å². The van der Waals surface area contributed by atoms with Crippen molar-refractivity contribution in [1.82, 2.24) is 14.8 Å². The van der Waals surface area contributed by atoms with E-state index in [4.69, 9.17) is 19.2 Å². The normalized spacial score (nSPS) is 10.9. The standard InChI is InChI=1S/C30H20N4O2/c1-35-23-16-14-20(15-17-23)26-24(19-31)29(25-13-8-18-36-25)32-30-27(26)28(21-9-4-2-5-10-21)33-34(30)22-11-6-3-7-12-22/h2-18H,1H3. The van der Waals surface area contributed by atoms with E-state index in [2.05, 4.69) is 6.07 Å². The molecular formula is C30H20N4O2. The highest BCUT2D eigenvalue weighted by atomic mass is 16.5. The third-order valence-electron chi connectivity index (χ3n) is 6.11. The Morgan fingerprint density at radius 1 is 0.806 bits per heavy atom. The molecule has 0 N–H and O–H groups in total. The zero-order chi connectivity index (χ0) is 24.5. The number of benzene rings is 3. The minimum atomic E-state index is 0.424. The quantitative estimate of drug-likeness (QED) is 0.275. The minimum Gasteiger partial charge on any atom is -0.497 e. The number of nitrogens with zero attached hydrogens (tertiary/aromatic N) is 4. The van der Waals surface area contributed by atoms with Gasteiger partial charge in [-0.2, -0.15) is 10.4 Å². The van der Waals surface area contributed by atoms with Gasteiger partial charge in [0.15, 0.2) is 11.4 Å². The Hall–Kier alpha value is -5.15. The Kier molecular flexibility index (Phi) is 5.28. The Morgan fingerprint density at radius 3 is 2.17 bits per heavy atom. The fraction of sp³-hybridized carbons (Fsp3) is 0.0333. The number of methoxy groups -OCH3 is 1. The minimum absolute atomic E-state index is 0.424. The summed E-state index contributed by atoms with van der Waals surface area (Å²) in [6.45, 7) is 0. The number of ether oxygens (including phenoxy) is 1. The maximum absolute atomic E-state index is 10.4. The van der Waals surface area contributed by atoms with E-state index < -0.39 is 0 Å². The van der Waals surface area contributed by atoms with E-state index in [1.165, 1.54) is 0 Å². The third-order valence-corrected chi connectivity index (χ3v) is 6.11. The first-order valence-corrected chi connectivity index (χ1v) is 11.4. The van der Waals surface area contributed by atoms with Crippen LogP contribution in [0.4, 0.5) is 0 Å². The molecule has 0 saturated carbocycles. The highest BCUT2D eigenvalue weighted by Gasteiger charge is 2.26. The molecule has 0 aliphatic heterocycles. The Labute approximate surface area is 207 Å². The van der Waals surface area contributed by atoms with Crippen LogP contribution in [0.15, 0.2) is 108 Å². The lowest BCUT2D eigenvalue weighted by Crippen LogP contribution is -2.00. The van der Waals surface area contributed by atoms with Crippen LogP contribution in [0.3, 0.4) is 0 Å². The van der Waals surface area contributed by atoms with Gasteiger partial charge in [0.1, 0.15) is 23.2 Å². The van der Waals surface area contributed by atoms with Gasteiger partial charge in [0.05, 0.1) is 30.0 Å². The van der Waals surface area contributed by atoms with Crippen LogP contribution < -0.4 is 4.74 Å². The van der Waals surface area contributed by atoms with Gasteiger partial charge in [0.25, 0.3) is 0 Å². The summed E-state index contributed by atoms with van der Waals surface area (Å²) in [5, 5.41) is 16.3. The molecule has 0 bridgehead atoms. The van der Waals surface area contributed by atoms with Crippen molar-refractivity contribution in [3.8, 4) is 51.3 Å². The first kappa shape index (κ1) is 21.4. The van der Waals surface area contributed by atoms with Crippen LogP contribution in [0.2, 0.25) is 0 Å². The smallest absolute Gasteiger partial charge is 0.165 e. The van der Waals surface area contributed by atoms with Crippen molar-refractivity contribution in [3.63, 3.8) is 0 Å². The number of furan rings is 1. The zero-order valence-corrected chi connectivity index (χ0v) is 19.4. The lowest BCUT2D eigenvalue weighted by molar-refractivity contribution is 0.415. The fourth-order valence-electron chi connectivity index (χ4n) is 4.44. The molecule has 6 heteroatoms. The molecular weight excluding hydrogens is 448 g/mol. The average molecular weight is 469 g/mol. The van der Waals surface area contributed by atoms with E-state index >= 15 is 0 Å². The summed E-state index contributed by atoms with van der Waals surface area (Å²) in [4.78, 5) is 4.99. The van der Waals surface area contributed by atoms with Crippen LogP contribution in [0, 0.1) is 11.3 Å². The molecule has 0 aliphatic carbocycles. The third kappa shape index (κ3) is 3.51.